The van der Waals surface area contributed by atoms with Gasteiger partial charge in [-0.3, -0.25) is 14.9 Å². The number of rotatable bonds is 6. The van der Waals surface area contributed by atoms with Crippen molar-refractivity contribution in [3.05, 3.63) is 34.4 Å². The van der Waals surface area contributed by atoms with Crippen LogP contribution in [0.2, 0.25) is 0 Å². The first kappa shape index (κ1) is 17.2. The van der Waals surface area contributed by atoms with Crippen molar-refractivity contribution in [2.24, 2.45) is 5.92 Å². The minimum atomic E-state index is -0.422. The fourth-order valence-corrected chi connectivity index (χ4v) is 3.01. The van der Waals surface area contributed by atoms with Crippen molar-refractivity contribution in [3.8, 4) is 0 Å². The molecule has 1 fully saturated rings. The Balaban J connectivity index is 1.95. The van der Waals surface area contributed by atoms with Crippen LogP contribution in [0.25, 0.3) is 0 Å². The van der Waals surface area contributed by atoms with E-state index in [9.17, 15) is 14.9 Å². The van der Waals surface area contributed by atoms with E-state index in [1.54, 1.807) is 42.1 Å². The van der Waals surface area contributed by atoms with E-state index in [0.717, 1.165) is 26.1 Å². The van der Waals surface area contributed by atoms with Gasteiger partial charge in [-0.15, -0.1) is 0 Å². The summed E-state index contributed by atoms with van der Waals surface area (Å²) in [4.78, 5) is 28.7. The van der Waals surface area contributed by atoms with E-state index in [4.69, 9.17) is 0 Å². The molecule has 1 aliphatic rings. The molecule has 0 aromatic heterocycles. The molecule has 1 saturated heterocycles. The molecule has 1 heterocycles. The van der Waals surface area contributed by atoms with E-state index < -0.39 is 4.92 Å². The van der Waals surface area contributed by atoms with Crippen molar-refractivity contribution in [2.45, 2.75) is 6.42 Å². The van der Waals surface area contributed by atoms with Gasteiger partial charge in [0.1, 0.15) is 5.69 Å². The molecule has 2 rings (SSSR count). The zero-order valence-corrected chi connectivity index (χ0v) is 13.9. The molecule has 23 heavy (non-hydrogen) atoms. The Hall–Kier alpha value is -2.15. The number of carbonyl (C=O) groups is 1. The number of amides is 1. The first-order chi connectivity index (χ1) is 10.9. The molecule has 0 aliphatic carbocycles. The lowest BCUT2D eigenvalue weighted by molar-refractivity contribution is -0.384. The Labute approximate surface area is 136 Å². The number of hydrogen-bond donors (Lipinski definition) is 0. The normalized spacial score (nSPS) is 18.0. The molecule has 1 unspecified atom stereocenters. The van der Waals surface area contributed by atoms with Gasteiger partial charge in [-0.2, -0.15) is 0 Å². The smallest absolute Gasteiger partial charge is 0.292 e. The molecule has 0 radical (unpaired) electrons. The highest BCUT2D eigenvalue weighted by atomic mass is 16.6. The molecule has 7 heteroatoms. The number of nitrogens with zero attached hydrogens (tertiary/aromatic N) is 4. The number of carbonyl (C=O) groups excluding carboxylic acids is 1. The number of anilines is 1. The molecule has 0 spiro atoms. The van der Waals surface area contributed by atoms with Gasteiger partial charge in [-0.05, 0) is 32.0 Å². The van der Waals surface area contributed by atoms with Crippen LogP contribution in [0, 0.1) is 16.0 Å². The maximum Gasteiger partial charge on any atom is 0.292 e. The second-order valence-electron chi connectivity index (χ2n) is 6.29. The zero-order valence-electron chi connectivity index (χ0n) is 13.9. The second-order valence-corrected chi connectivity index (χ2v) is 6.29. The van der Waals surface area contributed by atoms with Gasteiger partial charge in [-0.25, -0.2) is 0 Å². The Kier molecular flexibility index (Phi) is 5.54. The summed E-state index contributed by atoms with van der Waals surface area (Å²) in [5, 5.41) is 11.1. The van der Waals surface area contributed by atoms with Crippen molar-refractivity contribution in [3.63, 3.8) is 0 Å². The van der Waals surface area contributed by atoms with Gasteiger partial charge < -0.3 is 14.7 Å². The lowest BCUT2D eigenvalue weighted by Crippen LogP contribution is -2.39. The topological polar surface area (TPSA) is 69.9 Å². The van der Waals surface area contributed by atoms with Gasteiger partial charge in [0, 0.05) is 33.3 Å². The molecule has 0 N–H and O–H groups in total. The number of benzene rings is 1. The van der Waals surface area contributed by atoms with E-state index in [1.807, 2.05) is 0 Å². The predicted molar refractivity (Wildman–Crippen MR) is 89.6 cm³/mol. The van der Waals surface area contributed by atoms with E-state index in [2.05, 4.69) is 11.9 Å². The van der Waals surface area contributed by atoms with Gasteiger partial charge in [0.2, 0.25) is 5.91 Å². The number of nitro groups is 1. The van der Waals surface area contributed by atoms with Crippen LogP contribution in [0.5, 0.6) is 0 Å². The number of likely N-dealkylation sites (tertiary alicyclic amines) is 1. The van der Waals surface area contributed by atoms with E-state index in [1.165, 1.54) is 6.07 Å². The van der Waals surface area contributed by atoms with Crippen LogP contribution in [0.1, 0.15) is 6.42 Å². The van der Waals surface area contributed by atoms with Crippen LogP contribution in [0.4, 0.5) is 11.4 Å². The monoisotopic (exact) mass is 320 g/mol. The SMILES string of the molecule is CN1CCC(CN(C)C(=O)CN(C)c2ccccc2[N+](=O)[O-])C1. The average molecular weight is 320 g/mol. The Bertz CT molecular complexity index is 578. The summed E-state index contributed by atoms with van der Waals surface area (Å²) in [5.41, 5.74) is 0.475. The third kappa shape index (κ3) is 4.41. The predicted octanol–water partition coefficient (Wildman–Crippen LogP) is 1.44. The van der Waals surface area contributed by atoms with Gasteiger partial charge in [0.25, 0.3) is 5.69 Å². The van der Waals surface area contributed by atoms with Crippen molar-refractivity contribution in [1.82, 2.24) is 9.80 Å². The summed E-state index contributed by atoms with van der Waals surface area (Å²) in [5.74, 6) is 0.477. The van der Waals surface area contributed by atoms with Gasteiger partial charge in [0.15, 0.2) is 0 Å². The Morgan fingerprint density at radius 2 is 2.09 bits per heavy atom. The molecule has 0 saturated carbocycles. The van der Waals surface area contributed by atoms with Crippen LogP contribution >= 0.6 is 0 Å². The van der Waals surface area contributed by atoms with Crippen LogP contribution in [0.3, 0.4) is 0 Å². The fraction of sp³-hybridized carbons (Fsp3) is 0.562. The van der Waals surface area contributed by atoms with E-state index in [-0.39, 0.29) is 18.1 Å². The highest BCUT2D eigenvalue weighted by Crippen LogP contribution is 2.26. The molecule has 126 valence electrons. The fourth-order valence-electron chi connectivity index (χ4n) is 3.01. The van der Waals surface area contributed by atoms with Gasteiger partial charge >= 0.3 is 0 Å². The third-order valence-electron chi connectivity index (χ3n) is 4.31. The molecular formula is C16H24N4O3. The van der Waals surface area contributed by atoms with Crippen LogP contribution in [-0.4, -0.2) is 68.0 Å². The molecule has 1 aromatic carbocycles. The molecule has 1 aliphatic heterocycles. The Morgan fingerprint density at radius 1 is 1.39 bits per heavy atom. The lowest BCUT2D eigenvalue weighted by Gasteiger charge is -2.25. The van der Waals surface area contributed by atoms with Crippen molar-refractivity contribution >= 4 is 17.3 Å². The average Bonchev–Trinajstić information content (AvgIpc) is 2.92. The van der Waals surface area contributed by atoms with Crippen LogP contribution < -0.4 is 4.90 Å². The van der Waals surface area contributed by atoms with Crippen LogP contribution in [-0.2, 0) is 4.79 Å². The van der Waals surface area contributed by atoms with Gasteiger partial charge in [0.05, 0.1) is 11.5 Å². The largest absolute Gasteiger partial charge is 0.360 e. The lowest BCUT2D eigenvalue weighted by atomic mass is 10.1. The summed E-state index contributed by atoms with van der Waals surface area (Å²) < 4.78 is 0. The minimum Gasteiger partial charge on any atom is -0.360 e. The highest BCUT2D eigenvalue weighted by Gasteiger charge is 2.24. The second kappa shape index (κ2) is 7.41. The van der Waals surface area contributed by atoms with Crippen molar-refractivity contribution in [1.29, 1.82) is 0 Å². The molecule has 1 atom stereocenters. The number of hydrogen-bond acceptors (Lipinski definition) is 5. The number of para-hydroxylation sites is 2. The standard InChI is InChI=1S/C16H24N4O3/c1-17-9-8-13(10-17)11-19(3)16(21)12-18(2)14-6-4-5-7-15(14)20(22)23/h4-7,13H,8-12H2,1-3H3. The molecule has 1 amide bonds. The zero-order chi connectivity index (χ0) is 17.0. The van der Waals surface area contributed by atoms with Gasteiger partial charge in [-0.1, -0.05) is 12.1 Å². The van der Waals surface area contributed by atoms with Crippen molar-refractivity contribution in [2.75, 3.05) is 52.2 Å². The summed E-state index contributed by atoms with van der Waals surface area (Å²) >= 11 is 0. The summed E-state index contributed by atoms with van der Waals surface area (Å²) in [6.45, 7) is 2.94. The molecule has 7 nitrogen and oxygen atoms in total. The molecule has 0 bridgehead atoms. The third-order valence-corrected chi connectivity index (χ3v) is 4.31. The maximum absolute atomic E-state index is 12.4. The molecular weight excluding hydrogens is 296 g/mol. The highest BCUT2D eigenvalue weighted by molar-refractivity contribution is 5.82. The maximum atomic E-state index is 12.4. The number of likely N-dealkylation sites (N-methyl/N-ethyl adjacent to an activating group) is 2. The Morgan fingerprint density at radius 3 is 2.70 bits per heavy atom. The quantitative estimate of drug-likeness (QED) is 0.586. The first-order valence-corrected chi connectivity index (χ1v) is 7.75. The number of nitro benzene ring substituents is 1. The van der Waals surface area contributed by atoms with E-state index >= 15 is 0 Å². The first-order valence-electron chi connectivity index (χ1n) is 7.75. The van der Waals surface area contributed by atoms with E-state index in [0.29, 0.717) is 11.6 Å². The molecule has 1 aromatic rings. The summed E-state index contributed by atoms with van der Waals surface area (Å²) in [7, 11) is 5.59. The van der Waals surface area contributed by atoms with Crippen molar-refractivity contribution < 1.29 is 9.72 Å². The minimum absolute atomic E-state index is 0.0165. The summed E-state index contributed by atoms with van der Waals surface area (Å²) in [6.07, 6.45) is 1.11. The van der Waals surface area contributed by atoms with Crippen LogP contribution in [0.15, 0.2) is 24.3 Å². The summed E-state index contributed by atoms with van der Waals surface area (Å²) in [6, 6.07) is 6.48.